The van der Waals surface area contributed by atoms with Gasteiger partial charge < -0.3 is 10.1 Å². The molecule has 3 rings (SSSR count). The number of methoxy groups -OCH3 is 1. The van der Waals surface area contributed by atoms with Gasteiger partial charge in [-0.25, -0.2) is 0 Å². The van der Waals surface area contributed by atoms with E-state index in [2.05, 4.69) is 15.5 Å². The number of ether oxygens (including phenoxy) is 1. The standard InChI is InChI=1S/C17H11F3IN3O2/c1-26-16-13-7-9(5-6-12(13)14(21)23-24-16)15(25)22-11-4-2-3-10(8-11)17(18,19)20/h2-8H,1H3,(H,22,25). The molecule has 1 aromatic heterocycles. The molecule has 0 bridgehead atoms. The monoisotopic (exact) mass is 473 g/mol. The van der Waals surface area contributed by atoms with E-state index in [0.29, 0.717) is 9.09 Å². The molecule has 3 aromatic rings. The Hall–Kier alpha value is -2.43. The van der Waals surface area contributed by atoms with E-state index in [0.717, 1.165) is 17.5 Å². The summed E-state index contributed by atoms with van der Waals surface area (Å²) in [6, 6.07) is 9.27. The highest BCUT2D eigenvalue weighted by Gasteiger charge is 2.30. The Morgan fingerprint density at radius 1 is 1.12 bits per heavy atom. The SMILES string of the molecule is COc1nnc(I)c2ccc(C(=O)Nc3cccc(C(F)(F)F)c3)cc12. The summed E-state index contributed by atoms with van der Waals surface area (Å²) in [5.74, 6) is -0.283. The summed E-state index contributed by atoms with van der Waals surface area (Å²) in [5, 5.41) is 11.7. The Bertz CT molecular complexity index is 993. The number of nitrogens with zero attached hydrogens (tertiary/aromatic N) is 2. The average Bonchev–Trinajstić information content (AvgIpc) is 2.61. The molecule has 1 amide bonds. The zero-order valence-electron chi connectivity index (χ0n) is 13.3. The number of nitrogens with one attached hydrogen (secondary N) is 1. The molecule has 2 aromatic carbocycles. The average molecular weight is 473 g/mol. The number of rotatable bonds is 3. The maximum absolute atomic E-state index is 12.8. The summed E-state index contributed by atoms with van der Waals surface area (Å²) in [4.78, 5) is 12.4. The van der Waals surface area contributed by atoms with Gasteiger partial charge in [0.15, 0.2) is 0 Å². The van der Waals surface area contributed by atoms with E-state index in [1.54, 1.807) is 18.2 Å². The zero-order valence-corrected chi connectivity index (χ0v) is 15.4. The van der Waals surface area contributed by atoms with Crippen LogP contribution in [-0.4, -0.2) is 23.2 Å². The molecule has 0 atom stereocenters. The number of benzene rings is 2. The van der Waals surface area contributed by atoms with Crippen LogP contribution in [0.25, 0.3) is 10.8 Å². The molecule has 5 nitrogen and oxygen atoms in total. The van der Waals surface area contributed by atoms with Crippen LogP contribution >= 0.6 is 22.6 Å². The number of carbonyl (C=O) groups excluding carboxylic acids is 1. The summed E-state index contributed by atoms with van der Waals surface area (Å²) in [7, 11) is 1.44. The molecule has 0 aliphatic heterocycles. The Kier molecular flexibility index (Phi) is 4.99. The molecule has 0 radical (unpaired) electrons. The number of alkyl halides is 3. The van der Waals surface area contributed by atoms with E-state index >= 15 is 0 Å². The smallest absolute Gasteiger partial charge is 0.416 e. The maximum atomic E-state index is 12.8. The fraction of sp³-hybridized carbons (Fsp3) is 0.118. The lowest BCUT2D eigenvalue weighted by Gasteiger charge is -2.11. The van der Waals surface area contributed by atoms with E-state index in [1.807, 2.05) is 22.6 Å². The minimum atomic E-state index is -4.48. The minimum absolute atomic E-state index is 0.0549. The lowest BCUT2D eigenvalue weighted by Crippen LogP contribution is -2.13. The topological polar surface area (TPSA) is 64.1 Å². The number of hydrogen-bond acceptors (Lipinski definition) is 4. The number of aromatic nitrogens is 2. The van der Waals surface area contributed by atoms with E-state index in [4.69, 9.17) is 4.74 Å². The Balaban J connectivity index is 1.93. The summed E-state index contributed by atoms with van der Waals surface area (Å²) < 4.78 is 44.1. The van der Waals surface area contributed by atoms with Crippen LogP contribution in [0.4, 0.5) is 18.9 Å². The van der Waals surface area contributed by atoms with Crippen LogP contribution in [0.3, 0.4) is 0 Å². The van der Waals surface area contributed by atoms with Gasteiger partial charge >= 0.3 is 6.18 Å². The molecule has 0 aliphatic rings. The molecule has 0 spiro atoms. The van der Waals surface area contributed by atoms with Crippen LogP contribution in [0.1, 0.15) is 15.9 Å². The second-order valence-corrected chi connectivity index (χ2v) is 6.31. The maximum Gasteiger partial charge on any atom is 0.416 e. The van der Waals surface area contributed by atoms with Gasteiger partial charge in [-0.3, -0.25) is 4.79 Å². The van der Waals surface area contributed by atoms with Crippen molar-refractivity contribution in [3.05, 3.63) is 57.3 Å². The van der Waals surface area contributed by atoms with Gasteiger partial charge in [0.1, 0.15) is 3.70 Å². The van der Waals surface area contributed by atoms with Crippen molar-refractivity contribution >= 4 is 45.0 Å². The number of amides is 1. The summed E-state index contributed by atoms with van der Waals surface area (Å²) >= 11 is 2.01. The van der Waals surface area contributed by atoms with E-state index in [9.17, 15) is 18.0 Å². The molecule has 0 saturated heterocycles. The van der Waals surface area contributed by atoms with Crippen molar-refractivity contribution in [1.82, 2.24) is 10.2 Å². The largest absolute Gasteiger partial charge is 0.479 e. The molecule has 0 unspecified atom stereocenters. The molecule has 9 heteroatoms. The molecule has 1 heterocycles. The van der Waals surface area contributed by atoms with Gasteiger partial charge in [-0.05, 0) is 52.9 Å². The number of anilines is 1. The van der Waals surface area contributed by atoms with Gasteiger partial charge in [0.25, 0.3) is 5.91 Å². The van der Waals surface area contributed by atoms with Gasteiger partial charge in [0.05, 0.1) is 12.7 Å². The van der Waals surface area contributed by atoms with Crippen LogP contribution in [0.2, 0.25) is 0 Å². The van der Waals surface area contributed by atoms with Crippen molar-refractivity contribution in [1.29, 1.82) is 0 Å². The van der Waals surface area contributed by atoms with Crippen LogP contribution in [0.15, 0.2) is 42.5 Å². The molecular formula is C17H11F3IN3O2. The molecular weight excluding hydrogens is 462 g/mol. The highest BCUT2D eigenvalue weighted by molar-refractivity contribution is 14.1. The van der Waals surface area contributed by atoms with Gasteiger partial charge in [0, 0.05) is 22.0 Å². The third-order valence-electron chi connectivity index (χ3n) is 3.60. The summed E-state index contributed by atoms with van der Waals surface area (Å²) in [5.41, 5.74) is -0.517. The highest BCUT2D eigenvalue weighted by atomic mass is 127. The fourth-order valence-electron chi connectivity index (χ4n) is 2.37. The van der Waals surface area contributed by atoms with Crippen molar-refractivity contribution in [3.8, 4) is 5.88 Å². The second kappa shape index (κ2) is 7.06. The van der Waals surface area contributed by atoms with Crippen molar-refractivity contribution in [3.63, 3.8) is 0 Å². The van der Waals surface area contributed by atoms with E-state index in [-0.39, 0.29) is 17.1 Å². The van der Waals surface area contributed by atoms with Gasteiger partial charge in [-0.2, -0.15) is 13.2 Å². The van der Waals surface area contributed by atoms with Crippen molar-refractivity contribution in [2.75, 3.05) is 12.4 Å². The molecule has 26 heavy (non-hydrogen) atoms. The number of halogens is 4. The van der Waals surface area contributed by atoms with Crippen LogP contribution in [0.5, 0.6) is 5.88 Å². The molecule has 134 valence electrons. The summed E-state index contributed by atoms with van der Waals surface area (Å²) in [6.45, 7) is 0. The quantitative estimate of drug-likeness (QED) is 0.569. The first-order valence-corrected chi connectivity index (χ1v) is 8.36. The zero-order chi connectivity index (χ0) is 18.9. The van der Waals surface area contributed by atoms with Crippen LogP contribution in [0, 0.1) is 3.70 Å². The normalized spacial score (nSPS) is 11.4. The van der Waals surface area contributed by atoms with Gasteiger partial charge in [0.2, 0.25) is 5.88 Å². The highest BCUT2D eigenvalue weighted by Crippen LogP contribution is 2.31. The molecule has 0 fully saturated rings. The Labute approximate surface area is 159 Å². The number of carbonyl (C=O) groups is 1. The molecule has 1 N–H and O–H groups in total. The first kappa shape index (κ1) is 18.4. The number of hydrogen-bond donors (Lipinski definition) is 1. The lowest BCUT2D eigenvalue weighted by atomic mass is 10.1. The third-order valence-corrected chi connectivity index (χ3v) is 4.40. The first-order chi connectivity index (χ1) is 12.3. The van der Waals surface area contributed by atoms with Crippen LogP contribution < -0.4 is 10.1 Å². The van der Waals surface area contributed by atoms with E-state index in [1.165, 1.54) is 19.2 Å². The van der Waals surface area contributed by atoms with Gasteiger partial charge in [-0.15, -0.1) is 10.2 Å². The second-order valence-electron chi connectivity index (χ2n) is 5.29. The number of fused-ring (bicyclic) bond motifs is 1. The predicted octanol–water partition coefficient (Wildman–Crippen LogP) is 4.51. The van der Waals surface area contributed by atoms with Crippen LogP contribution in [-0.2, 0) is 6.18 Å². The van der Waals surface area contributed by atoms with Crippen molar-refractivity contribution < 1.29 is 22.7 Å². The first-order valence-electron chi connectivity index (χ1n) is 7.28. The molecule has 0 saturated carbocycles. The predicted molar refractivity (Wildman–Crippen MR) is 98.2 cm³/mol. The van der Waals surface area contributed by atoms with Crippen molar-refractivity contribution in [2.45, 2.75) is 6.18 Å². The fourth-order valence-corrected chi connectivity index (χ4v) is 2.94. The Morgan fingerprint density at radius 3 is 2.58 bits per heavy atom. The third kappa shape index (κ3) is 3.71. The van der Waals surface area contributed by atoms with Gasteiger partial charge in [-0.1, -0.05) is 12.1 Å². The summed E-state index contributed by atoms with van der Waals surface area (Å²) in [6.07, 6.45) is -4.48. The van der Waals surface area contributed by atoms with Crippen molar-refractivity contribution in [2.24, 2.45) is 0 Å². The lowest BCUT2D eigenvalue weighted by molar-refractivity contribution is -0.137. The Morgan fingerprint density at radius 2 is 1.88 bits per heavy atom. The van der Waals surface area contributed by atoms with E-state index < -0.39 is 17.6 Å². The molecule has 0 aliphatic carbocycles. The minimum Gasteiger partial charge on any atom is -0.479 e.